The smallest absolute Gasteiger partial charge is 0.243 e. The summed E-state index contributed by atoms with van der Waals surface area (Å²) in [5, 5.41) is 23.0. The number of carbonyl (C=O) groups excluding carboxylic acids is 10. The second-order valence-electron chi connectivity index (χ2n) is 27.1. The van der Waals surface area contributed by atoms with Gasteiger partial charge in [-0.25, -0.2) is 0 Å². The van der Waals surface area contributed by atoms with Gasteiger partial charge in [0.05, 0.1) is 24.2 Å². The van der Waals surface area contributed by atoms with Crippen LogP contribution in [0.25, 0.3) is 10.9 Å². The normalized spacial score (nSPS) is 16.5. The molecule has 5 amide bonds. The zero-order valence-corrected chi connectivity index (χ0v) is 59.5. The van der Waals surface area contributed by atoms with Gasteiger partial charge in [0.15, 0.2) is 23.3 Å². The number of nitrogens with two attached hydrogens (primary N) is 6. The van der Waals surface area contributed by atoms with Crippen LogP contribution in [0.2, 0.25) is 0 Å². The zero-order chi connectivity index (χ0) is 72.6. The van der Waals surface area contributed by atoms with Crippen molar-refractivity contribution in [1.82, 2.24) is 31.2 Å². The quantitative estimate of drug-likeness (QED) is 0.0155. The highest BCUT2D eigenvalue weighted by Gasteiger charge is 2.44. The maximum absolute atomic E-state index is 15.4. The summed E-state index contributed by atoms with van der Waals surface area (Å²) in [6, 6.07) is 16.3. The lowest BCUT2D eigenvalue weighted by atomic mass is 9.88. The van der Waals surface area contributed by atoms with Crippen molar-refractivity contribution in [3.05, 3.63) is 102 Å². The highest BCUT2D eigenvalue weighted by Crippen LogP contribution is 2.31. The van der Waals surface area contributed by atoms with Gasteiger partial charge in [0.1, 0.15) is 29.4 Å². The fourth-order valence-corrected chi connectivity index (χ4v) is 13.4. The highest BCUT2D eigenvalue weighted by atomic mass is 32.2. The van der Waals surface area contributed by atoms with Crippen LogP contribution < -0.4 is 55.7 Å². The lowest BCUT2D eigenvalue weighted by Gasteiger charge is -2.32. The number of ketones is 5. The van der Waals surface area contributed by atoms with Crippen molar-refractivity contribution in [3.8, 4) is 5.75 Å². The van der Waals surface area contributed by atoms with Crippen molar-refractivity contribution < 1.29 is 53.1 Å². The van der Waals surface area contributed by atoms with E-state index in [0.29, 0.717) is 101 Å². The van der Waals surface area contributed by atoms with Crippen molar-refractivity contribution >= 4 is 87.1 Å². The number of likely N-dealkylation sites (tertiary alicyclic amines) is 1. The molecule has 1 aliphatic rings. The fourth-order valence-electron chi connectivity index (χ4n) is 13.0. The number of H-pyrrole nitrogens is 1. The molecule has 1 aromatic heterocycles. The topological polar surface area (TPSA) is 427 Å². The molecule has 24 nitrogen and oxygen atoms in total. The van der Waals surface area contributed by atoms with Gasteiger partial charge in [-0.1, -0.05) is 94.3 Å². The summed E-state index contributed by atoms with van der Waals surface area (Å²) in [6.45, 7) is 8.33. The number of nitrogens with zero attached hydrogens (tertiary/aromatic N) is 2. The number of Topliss-reactive ketones (excluding diaryl/α,β-unsaturated/α-hetero) is 5. The van der Waals surface area contributed by atoms with Crippen LogP contribution in [-0.2, 0) is 67.2 Å². The Morgan fingerprint density at radius 1 is 0.606 bits per heavy atom. The number of thioether (sulfide) groups is 1. The number of fused-ring (bicyclic) bond motifs is 1. The number of hydrogen-bond donors (Lipinski definition) is 12. The fraction of sp³-hybridized carbons (Fsp3) is 0.581. The number of nitrogens with one attached hydrogen (secondary N) is 5. The van der Waals surface area contributed by atoms with E-state index in [1.54, 1.807) is 44.3 Å². The molecule has 544 valence electrons. The van der Waals surface area contributed by atoms with Gasteiger partial charge < -0.3 is 70.7 Å². The van der Waals surface area contributed by atoms with E-state index in [0.717, 1.165) is 16.5 Å². The van der Waals surface area contributed by atoms with Crippen LogP contribution in [0.5, 0.6) is 5.75 Å². The minimum atomic E-state index is -1.22. The number of amides is 5. The van der Waals surface area contributed by atoms with E-state index in [9.17, 15) is 38.7 Å². The third-order valence-corrected chi connectivity index (χ3v) is 19.5. The average molecular weight is 1390 g/mol. The molecule has 3 aromatic carbocycles. The molecule has 99 heavy (non-hydrogen) atoms. The molecule has 5 rings (SSSR count). The van der Waals surface area contributed by atoms with E-state index in [-0.39, 0.29) is 99.9 Å². The molecule has 0 spiro atoms. The molecule has 11 atom stereocenters. The van der Waals surface area contributed by atoms with Gasteiger partial charge in [0, 0.05) is 79.5 Å². The lowest BCUT2D eigenvalue weighted by Crippen LogP contribution is -2.58. The molecule has 0 unspecified atom stereocenters. The van der Waals surface area contributed by atoms with Crippen LogP contribution in [0.4, 0.5) is 0 Å². The molecular weight excluding hydrogens is 1280 g/mol. The molecule has 0 saturated carbocycles. The van der Waals surface area contributed by atoms with E-state index >= 15 is 14.4 Å². The lowest BCUT2D eigenvalue weighted by molar-refractivity contribution is -0.144. The van der Waals surface area contributed by atoms with Crippen molar-refractivity contribution in [2.75, 3.05) is 44.7 Å². The van der Waals surface area contributed by atoms with Crippen LogP contribution >= 0.6 is 11.8 Å². The Morgan fingerprint density at radius 2 is 1.15 bits per heavy atom. The van der Waals surface area contributed by atoms with Crippen LogP contribution in [0, 0.1) is 35.5 Å². The summed E-state index contributed by atoms with van der Waals surface area (Å²) in [4.78, 5) is 154. The van der Waals surface area contributed by atoms with E-state index in [1.807, 2.05) is 55.6 Å². The summed E-state index contributed by atoms with van der Waals surface area (Å²) in [6.07, 6.45) is 8.75. The maximum atomic E-state index is 15.4. The summed E-state index contributed by atoms with van der Waals surface area (Å²) >= 11 is 1.46. The Balaban J connectivity index is 1.42. The number of unbranched alkanes of at least 4 members (excludes halogenated alkanes) is 3. The first-order chi connectivity index (χ1) is 47.4. The van der Waals surface area contributed by atoms with Gasteiger partial charge in [0.2, 0.25) is 29.5 Å². The predicted octanol–water partition coefficient (Wildman–Crippen LogP) is 5.15. The number of hydrogen-bond acceptors (Lipinski definition) is 17. The molecule has 25 heteroatoms. The second kappa shape index (κ2) is 43.0. The molecule has 1 saturated heterocycles. The van der Waals surface area contributed by atoms with Crippen LogP contribution in [0.1, 0.15) is 154 Å². The Hall–Kier alpha value is -7.84. The van der Waals surface area contributed by atoms with E-state index in [2.05, 4.69) is 31.2 Å². The monoisotopic (exact) mass is 1390 g/mol. The molecule has 0 aliphatic carbocycles. The van der Waals surface area contributed by atoms with Gasteiger partial charge >= 0.3 is 0 Å². The number of carbonyl (C=O) groups is 10. The Morgan fingerprint density at radius 3 is 1.79 bits per heavy atom. The van der Waals surface area contributed by atoms with Gasteiger partial charge in [-0.05, 0) is 175 Å². The third kappa shape index (κ3) is 27.0. The zero-order valence-electron chi connectivity index (χ0n) is 58.7. The minimum Gasteiger partial charge on any atom is -0.508 e. The van der Waals surface area contributed by atoms with E-state index < -0.39 is 119 Å². The molecule has 1 aliphatic heterocycles. The molecule has 1 fully saturated rings. The first-order valence-corrected chi connectivity index (χ1v) is 36.7. The van der Waals surface area contributed by atoms with Gasteiger partial charge in [-0.2, -0.15) is 11.8 Å². The summed E-state index contributed by atoms with van der Waals surface area (Å²) in [5.74, 6) is -8.91. The SMILES string of the molecule is CSCC[C@H](NC(=O)[C@@H](NC(=O)[C@@H]1[C@H](C)CCN1C(=O)[C@@H](CC(=O)[C@H](Cc1ccccc1)NC(=O)[C@H](CCCN=C(N)N)CC(=O)[C@H](N)CCCCN)Cc1ccc(O)cc1)C(C)C)C(=O)C[C@@H](Cc1c[nH]c2ccccc12)C(=O)N[C@@H](CCCCN)C(=O)C[C@H](CCCCN)C(C)=O. The standard InChI is InChI=1S/C74H111N13O11S/c1-46(2)67(71(96)84-61(31-37-99-5)65(92)43-53(40-55-45-82-59-24-10-9-22-57(55)59)70(95)83-60(25-13-16-34-77)64(91)41-51(48(4)88)20-11-14-32-75)86-72(97)68-47(3)30-36-87(68)73(98)54(38-50-26-28-56(89)29-27-50)44-66(93)62(39-49-18-7-6-8-19-49)85-69(94)52(21-17-35-81-74(79)80)42-63(90)58(78)23-12-15-33-76/h6-10,18-19,22,24,26-29,45-47,51-54,58,60-62,67-68,82,89H,11-17,20-21,23,25,30-44,75-78H2,1-5H3,(H,83,95)(H,84,96)(H,85,94)(H,86,97)(H4,79,80,81)/t47-,51+,52-,53-,54-,58-,60+,61+,62+,67+,68+/m1/s1. The van der Waals surface area contributed by atoms with Crippen LogP contribution in [-0.4, -0.2) is 160 Å². The van der Waals surface area contributed by atoms with Gasteiger partial charge in [0.25, 0.3) is 0 Å². The maximum Gasteiger partial charge on any atom is 0.243 e. The molecule has 0 bridgehead atoms. The number of aromatic amines is 1. The van der Waals surface area contributed by atoms with Gasteiger partial charge in [-0.15, -0.1) is 0 Å². The second-order valence-corrected chi connectivity index (χ2v) is 28.0. The number of guanidine groups is 1. The van der Waals surface area contributed by atoms with E-state index in [1.165, 1.54) is 35.7 Å². The number of aromatic nitrogens is 1. The van der Waals surface area contributed by atoms with Crippen LogP contribution in [0.15, 0.2) is 90.1 Å². The van der Waals surface area contributed by atoms with Crippen molar-refractivity contribution in [3.63, 3.8) is 0 Å². The van der Waals surface area contributed by atoms with Gasteiger partial charge in [-0.3, -0.25) is 52.9 Å². The van der Waals surface area contributed by atoms with Crippen molar-refractivity contribution in [1.29, 1.82) is 0 Å². The summed E-state index contributed by atoms with van der Waals surface area (Å²) in [7, 11) is 0. The number of aromatic hydroxyl groups is 1. The molecule has 18 N–H and O–H groups in total. The Labute approximate surface area is 588 Å². The number of aliphatic imine (C=N–C) groups is 1. The Bertz CT molecular complexity index is 3290. The first kappa shape index (κ1) is 81.8. The number of benzene rings is 3. The summed E-state index contributed by atoms with van der Waals surface area (Å²) < 4.78 is 0. The van der Waals surface area contributed by atoms with E-state index in [4.69, 9.17) is 34.4 Å². The number of rotatable bonds is 48. The number of phenols is 1. The number of para-hydroxylation sites is 1. The average Bonchev–Trinajstić information content (AvgIpc) is 1.74. The number of phenolic OH excluding ortho intramolecular Hbond substituents is 1. The largest absolute Gasteiger partial charge is 0.508 e. The molecule has 4 aromatic rings. The van der Waals surface area contributed by atoms with Crippen molar-refractivity contribution in [2.24, 2.45) is 74.9 Å². The summed E-state index contributed by atoms with van der Waals surface area (Å²) in [5.41, 5.74) is 37.7. The van der Waals surface area contributed by atoms with Crippen molar-refractivity contribution in [2.45, 2.75) is 192 Å². The Kier molecular flexibility index (Phi) is 35.5. The van der Waals surface area contributed by atoms with Crippen LogP contribution in [0.3, 0.4) is 0 Å². The minimum absolute atomic E-state index is 0.00215. The first-order valence-electron chi connectivity index (χ1n) is 35.3. The third-order valence-electron chi connectivity index (χ3n) is 18.9. The molecule has 2 heterocycles. The predicted molar refractivity (Wildman–Crippen MR) is 389 cm³/mol. The molecular formula is C74H111N13O11S. The highest BCUT2D eigenvalue weighted by molar-refractivity contribution is 7.98. The molecule has 0 radical (unpaired) electrons.